The summed E-state index contributed by atoms with van der Waals surface area (Å²) in [5.74, 6) is 0. The summed E-state index contributed by atoms with van der Waals surface area (Å²) < 4.78 is 36.0. The maximum atomic E-state index is 8.52. The molecule has 0 unspecified atom stereocenters. The number of rotatable bonds is 0. The van der Waals surface area contributed by atoms with Crippen LogP contribution >= 0.6 is 0 Å². The smallest absolute Gasteiger partial charge is 0.759 e. The standard InChI is InChI=1S/C4H6N2.K.H2O4S/c1-6-3-2-5-4-6;;1-5(2,3)4/h2-4H,1H3;;(H2,1,2,3,4)/q;+1;/p-1. The summed E-state index contributed by atoms with van der Waals surface area (Å²) in [6, 6.07) is 0. The Hall–Kier alpha value is 0.716. The number of H-pyrrole nitrogens is 1. The van der Waals surface area contributed by atoms with Crippen molar-refractivity contribution in [2.45, 2.75) is 0 Å². The topological polar surface area (TPSA) is 99.9 Å². The Morgan fingerprint density at radius 1 is 1.42 bits per heavy atom. The summed E-state index contributed by atoms with van der Waals surface area (Å²) >= 11 is 0. The molecule has 1 heterocycles. The summed E-state index contributed by atoms with van der Waals surface area (Å²) in [5.41, 5.74) is 0. The molecule has 8 heteroatoms. The van der Waals surface area contributed by atoms with Crippen molar-refractivity contribution >= 4 is 10.4 Å². The van der Waals surface area contributed by atoms with E-state index in [1.54, 1.807) is 0 Å². The molecule has 64 valence electrons. The number of nitrogens with one attached hydrogen (secondary N) is 1. The molecule has 1 aromatic heterocycles. The number of aromatic nitrogens is 2. The second kappa shape index (κ2) is 7.15. The van der Waals surface area contributed by atoms with Crippen LogP contribution < -0.4 is 56.0 Å². The van der Waals surface area contributed by atoms with Gasteiger partial charge in [0.15, 0.2) is 0 Å². The van der Waals surface area contributed by atoms with Crippen LogP contribution in [-0.4, -0.2) is 22.5 Å². The maximum absolute atomic E-state index is 8.52. The van der Waals surface area contributed by atoms with Gasteiger partial charge in [0.1, 0.15) is 12.4 Å². The van der Waals surface area contributed by atoms with Gasteiger partial charge in [0.05, 0.1) is 7.05 Å². The van der Waals surface area contributed by atoms with Crippen LogP contribution in [0.5, 0.6) is 0 Å². The number of imidazole rings is 1. The van der Waals surface area contributed by atoms with Gasteiger partial charge in [-0.05, 0) is 0 Å². The van der Waals surface area contributed by atoms with Crippen LogP contribution in [-0.2, 0) is 17.4 Å². The van der Waals surface area contributed by atoms with E-state index in [9.17, 15) is 0 Å². The van der Waals surface area contributed by atoms with E-state index < -0.39 is 10.4 Å². The van der Waals surface area contributed by atoms with Gasteiger partial charge in [0.25, 0.3) is 0 Å². The Morgan fingerprint density at radius 2 is 1.83 bits per heavy atom. The third kappa shape index (κ3) is 17.0. The molecule has 12 heavy (non-hydrogen) atoms. The average Bonchev–Trinajstić information content (AvgIpc) is 2.12. The van der Waals surface area contributed by atoms with Crippen LogP contribution in [0.1, 0.15) is 0 Å². The second-order valence-electron chi connectivity index (χ2n) is 1.69. The van der Waals surface area contributed by atoms with E-state index >= 15 is 0 Å². The van der Waals surface area contributed by atoms with Crippen LogP contribution in [0.15, 0.2) is 18.7 Å². The Balaban J connectivity index is 0. The minimum absolute atomic E-state index is 0. The van der Waals surface area contributed by atoms with Crippen LogP contribution in [0.3, 0.4) is 0 Å². The molecule has 0 aliphatic heterocycles. The van der Waals surface area contributed by atoms with E-state index in [-0.39, 0.29) is 51.4 Å². The molecule has 0 aliphatic carbocycles. The van der Waals surface area contributed by atoms with Gasteiger partial charge in [-0.15, -0.1) is 0 Å². The van der Waals surface area contributed by atoms with Crippen molar-refractivity contribution in [3.63, 3.8) is 0 Å². The normalized spacial score (nSPS) is 9.25. The SMILES string of the molecule is C[n+]1cc[nH]c1.O=S(=O)([O-])[O-].[K+]. The van der Waals surface area contributed by atoms with Crippen molar-refractivity contribution in [3.8, 4) is 0 Å². The predicted octanol–water partition coefficient (Wildman–Crippen LogP) is -4.49. The van der Waals surface area contributed by atoms with Gasteiger partial charge >= 0.3 is 51.4 Å². The quantitative estimate of drug-likeness (QED) is 0.205. The number of hydrogen-bond acceptors (Lipinski definition) is 4. The molecular formula is C4H7KN2O4S. The molecule has 0 saturated heterocycles. The number of hydrogen-bond donors (Lipinski definition) is 1. The molecule has 0 bridgehead atoms. The summed E-state index contributed by atoms with van der Waals surface area (Å²) in [6.07, 6.45) is 5.69. The number of aromatic amines is 1. The van der Waals surface area contributed by atoms with Crippen molar-refractivity contribution in [1.29, 1.82) is 0 Å². The van der Waals surface area contributed by atoms with Gasteiger partial charge in [0, 0.05) is 10.4 Å². The summed E-state index contributed by atoms with van der Waals surface area (Å²) in [6.45, 7) is 0. The van der Waals surface area contributed by atoms with E-state index in [4.69, 9.17) is 17.5 Å². The molecule has 1 N–H and O–H groups in total. The minimum Gasteiger partial charge on any atom is -0.759 e. The summed E-state index contributed by atoms with van der Waals surface area (Å²) in [5, 5.41) is 0. The molecule has 0 saturated carbocycles. The largest absolute Gasteiger partial charge is 1.00 e. The van der Waals surface area contributed by atoms with E-state index in [0.29, 0.717) is 0 Å². The third-order valence-electron chi connectivity index (χ3n) is 0.684. The van der Waals surface area contributed by atoms with E-state index in [2.05, 4.69) is 4.98 Å². The second-order valence-corrected chi connectivity index (χ2v) is 2.50. The Bertz CT molecular complexity index is 274. The molecule has 0 atom stereocenters. The third-order valence-corrected chi connectivity index (χ3v) is 0.684. The fourth-order valence-electron chi connectivity index (χ4n) is 0.364. The maximum Gasteiger partial charge on any atom is 1.00 e. The van der Waals surface area contributed by atoms with Crippen LogP contribution in [0.4, 0.5) is 0 Å². The first-order valence-electron chi connectivity index (χ1n) is 2.54. The van der Waals surface area contributed by atoms with Crippen LogP contribution in [0.2, 0.25) is 0 Å². The molecule has 0 spiro atoms. The first kappa shape index (κ1) is 15.2. The average molecular weight is 218 g/mol. The van der Waals surface area contributed by atoms with Gasteiger partial charge in [-0.2, -0.15) is 0 Å². The van der Waals surface area contributed by atoms with Crippen molar-refractivity contribution in [2.24, 2.45) is 7.05 Å². The van der Waals surface area contributed by atoms with Gasteiger partial charge in [-0.3, -0.25) is 13.4 Å². The van der Waals surface area contributed by atoms with Gasteiger partial charge in [0.2, 0.25) is 6.33 Å². The summed E-state index contributed by atoms with van der Waals surface area (Å²) in [4.78, 5) is 2.89. The fraction of sp³-hybridized carbons (Fsp3) is 0.250. The fourth-order valence-corrected chi connectivity index (χ4v) is 0.364. The molecule has 1 rings (SSSR count). The first-order chi connectivity index (χ1) is 4.89. The van der Waals surface area contributed by atoms with Gasteiger partial charge in [-0.25, -0.2) is 4.57 Å². The van der Waals surface area contributed by atoms with Gasteiger partial charge in [-0.1, -0.05) is 0 Å². The zero-order chi connectivity index (χ0) is 8.91. The number of nitrogens with zero attached hydrogens (tertiary/aromatic N) is 1. The number of aryl methyl sites for hydroxylation is 1. The van der Waals surface area contributed by atoms with Gasteiger partial charge < -0.3 is 9.11 Å². The van der Waals surface area contributed by atoms with E-state index in [1.807, 2.05) is 30.3 Å². The molecular weight excluding hydrogens is 211 g/mol. The summed E-state index contributed by atoms with van der Waals surface area (Å²) in [7, 11) is -3.20. The van der Waals surface area contributed by atoms with Crippen molar-refractivity contribution < 1.29 is 73.5 Å². The Morgan fingerprint density at radius 3 is 1.92 bits per heavy atom. The Labute approximate surface area is 113 Å². The molecule has 1 aromatic rings. The van der Waals surface area contributed by atoms with Crippen molar-refractivity contribution in [2.75, 3.05) is 0 Å². The van der Waals surface area contributed by atoms with Crippen LogP contribution in [0.25, 0.3) is 0 Å². The first-order valence-corrected chi connectivity index (χ1v) is 3.87. The minimum atomic E-state index is -5.17. The molecule has 0 radical (unpaired) electrons. The van der Waals surface area contributed by atoms with Crippen LogP contribution in [0, 0.1) is 0 Å². The zero-order valence-corrected chi connectivity index (χ0v) is 10.7. The van der Waals surface area contributed by atoms with Crippen molar-refractivity contribution in [1.82, 2.24) is 4.98 Å². The van der Waals surface area contributed by atoms with E-state index in [1.165, 1.54) is 0 Å². The molecule has 0 aromatic carbocycles. The monoisotopic (exact) mass is 218 g/mol. The Kier molecular flexibility index (Phi) is 9.06. The van der Waals surface area contributed by atoms with E-state index in [0.717, 1.165) is 0 Å². The van der Waals surface area contributed by atoms with Crippen molar-refractivity contribution in [3.05, 3.63) is 18.7 Å². The molecule has 0 aliphatic rings. The molecule has 6 nitrogen and oxygen atoms in total. The molecule has 0 fully saturated rings. The molecule has 0 amide bonds. The zero-order valence-electron chi connectivity index (χ0n) is 6.72. The predicted molar refractivity (Wildman–Crippen MR) is 32.4 cm³/mol.